The number of methoxy groups -OCH3 is 1. The van der Waals surface area contributed by atoms with E-state index in [-0.39, 0.29) is 11.9 Å². The summed E-state index contributed by atoms with van der Waals surface area (Å²) in [5, 5.41) is 0. The largest absolute Gasteiger partial charge is 0.497 e. The topological polar surface area (TPSA) is 47.3 Å². The predicted octanol–water partition coefficient (Wildman–Crippen LogP) is 2.70. The molecular weight excluding hydrogens is 243 g/mol. The third-order valence-electron chi connectivity index (χ3n) is 3.17. The summed E-state index contributed by atoms with van der Waals surface area (Å²) in [4.78, 5) is 0. The van der Waals surface area contributed by atoms with E-state index >= 15 is 0 Å². The smallest absolute Gasteiger partial charge is 0.123 e. The summed E-state index contributed by atoms with van der Waals surface area (Å²) in [6.07, 6.45) is 0. The fraction of sp³-hybridized carbons (Fsp3) is 0.200. The maximum Gasteiger partial charge on any atom is 0.123 e. The SMILES string of the molecule is COc1ccc(C(NN)c2cc(F)ccc2C)cc1. The summed E-state index contributed by atoms with van der Waals surface area (Å²) < 4.78 is 18.5. The van der Waals surface area contributed by atoms with Crippen LogP contribution in [0.25, 0.3) is 0 Å². The van der Waals surface area contributed by atoms with Gasteiger partial charge in [-0.1, -0.05) is 18.2 Å². The number of benzene rings is 2. The molecule has 0 aliphatic rings. The molecule has 0 bridgehead atoms. The molecule has 100 valence electrons. The quantitative estimate of drug-likeness (QED) is 0.656. The number of hydrazine groups is 1. The average molecular weight is 260 g/mol. The van der Waals surface area contributed by atoms with E-state index in [9.17, 15) is 4.39 Å². The second-order valence-electron chi connectivity index (χ2n) is 4.37. The van der Waals surface area contributed by atoms with Gasteiger partial charge in [0.1, 0.15) is 11.6 Å². The third-order valence-corrected chi connectivity index (χ3v) is 3.17. The van der Waals surface area contributed by atoms with Crippen LogP contribution in [0.4, 0.5) is 4.39 Å². The Labute approximate surface area is 112 Å². The van der Waals surface area contributed by atoms with E-state index in [1.807, 2.05) is 31.2 Å². The normalized spacial score (nSPS) is 12.2. The zero-order valence-electron chi connectivity index (χ0n) is 11.0. The molecule has 0 spiro atoms. The molecule has 0 fully saturated rings. The first-order valence-corrected chi connectivity index (χ1v) is 6.02. The molecule has 1 atom stereocenters. The van der Waals surface area contributed by atoms with Gasteiger partial charge in [-0.25, -0.2) is 9.82 Å². The molecule has 0 aliphatic heterocycles. The van der Waals surface area contributed by atoms with Crippen molar-refractivity contribution in [1.29, 1.82) is 0 Å². The number of nitrogens with one attached hydrogen (secondary N) is 1. The summed E-state index contributed by atoms with van der Waals surface area (Å²) in [6, 6.07) is 12.0. The monoisotopic (exact) mass is 260 g/mol. The van der Waals surface area contributed by atoms with Crippen LogP contribution in [0, 0.1) is 12.7 Å². The molecule has 2 aromatic carbocycles. The molecular formula is C15H17FN2O. The number of aryl methyl sites for hydroxylation is 1. The van der Waals surface area contributed by atoms with E-state index in [4.69, 9.17) is 10.6 Å². The van der Waals surface area contributed by atoms with E-state index in [1.54, 1.807) is 13.2 Å². The number of halogens is 1. The second-order valence-corrected chi connectivity index (χ2v) is 4.37. The highest BCUT2D eigenvalue weighted by atomic mass is 19.1. The lowest BCUT2D eigenvalue weighted by atomic mass is 9.95. The molecule has 0 aromatic heterocycles. The van der Waals surface area contributed by atoms with Gasteiger partial charge in [0, 0.05) is 0 Å². The highest BCUT2D eigenvalue weighted by molar-refractivity contribution is 5.39. The molecule has 0 amide bonds. The molecule has 2 aromatic rings. The molecule has 2 rings (SSSR count). The predicted molar refractivity (Wildman–Crippen MR) is 73.3 cm³/mol. The molecule has 0 aliphatic carbocycles. The van der Waals surface area contributed by atoms with Crippen LogP contribution in [-0.4, -0.2) is 7.11 Å². The molecule has 0 heterocycles. The van der Waals surface area contributed by atoms with Gasteiger partial charge in [-0.2, -0.15) is 0 Å². The number of rotatable bonds is 4. The summed E-state index contributed by atoms with van der Waals surface area (Å²) in [5.41, 5.74) is 5.50. The minimum Gasteiger partial charge on any atom is -0.497 e. The Morgan fingerprint density at radius 3 is 2.42 bits per heavy atom. The number of hydrogen-bond acceptors (Lipinski definition) is 3. The summed E-state index contributed by atoms with van der Waals surface area (Å²) in [5.74, 6) is 6.13. The zero-order valence-corrected chi connectivity index (χ0v) is 11.0. The Balaban J connectivity index is 2.40. The maximum absolute atomic E-state index is 13.4. The fourth-order valence-corrected chi connectivity index (χ4v) is 2.08. The van der Waals surface area contributed by atoms with E-state index in [1.165, 1.54) is 12.1 Å². The van der Waals surface area contributed by atoms with E-state index < -0.39 is 0 Å². The number of nitrogens with two attached hydrogens (primary N) is 1. The first-order chi connectivity index (χ1) is 9.15. The third kappa shape index (κ3) is 2.92. The fourth-order valence-electron chi connectivity index (χ4n) is 2.08. The molecule has 19 heavy (non-hydrogen) atoms. The van der Waals surface area contributed by atoms with Crippen molar-refractivity contribution in [1.82, 2.24) is 5.43 Å². The lowest BCUT2D eigenvalue weighted by molar-refractivity contribution is 0.414. The molecule has 3 N–H and O–H groups in total. The van der Waals surface area contributed by atoms with Crippen molar-refractivity contribution in [3.63, 3.8) is 0 Å². The summed E-state index contributed by atoms with van der Waals surface area (Å²) in [7, 11) is 1.62. The van der Waals surface area contributed by atoms with E-state index in [0.29, 0.717) is 0 Å². The first kappa shape index (κ1) is 13.5. The van der Waals surface area contributed by atoms with E-state index in [2.05, 4.69) is 5.43 Å². The number of ether oxygens (including phenoxy) is 1. The van der Waals surface area contributed by atoms with Crippen molar-refractivity contribution in [2.45, 2.75) is 13.0 Å². The van der Waals surface area contributed by atoms with Crippen LogP contribution in [0.1, 0.15) is 22.7 Å². The van der Waals surface area contributed by atoms with Gasteiger partial charge in [0.15, 0.2) is 0 Å². The molecule has 0 radical (unpaired) electrons. The molecule has 0 saturated carbocycles. The van der Waals surface area contributed by atoms with Gasteiger partial charge in [-0.05, 0) is 47.9 Å². The second kappa shape index (κ2) is 5.82. The van der Waals surface area contributed by atoms with Crippen LogP contribution in [0.2, 0.25) is 0 Å². The maximum atomic E-state index is 13.4. The summed E-state index contributed by atoms with van der Waals surface area (Å²) >= 11 is 0. The van der Waals surface area contributed by atoms with Crippen molar-refractivity contribution < 1.29 is 9.13 Å². The minimum atomic E-state index is -0.269. The highest BCUT2D eigenvalue weighted by Gasteiger charge is 2.15. The Morgan fingerprint density at radius 1 is 1.16 bits per heavy atom. The highest BCUT2D eigenvalue weighted by Crippen LogP contribution is 2.26. The molecule has 1 unspecified atom stereocenters. The Hall–Kier alpha value is -1.91. The zero-order chi connectivity index (χ0) is 13.8. The minimum absolute atomic E-state index is 0.249. The van der Waals surface area contributed by atoms with Gasteiger partial charge in [0.05, 0.1) is 13.2 Å². The Bertz CT molecular complexity index is 555. The molecule has 4 heteroatoms. The van der Waals surface area contributed by atoms with Gasteiger partial charge in [0.25, 0.3) is 0 Å². The van der Waals surface area contributed by atoms with E-state index in [0.717, 1.165) is 22.4 Å². The Kier molecular flexibility index (Phi) is 4.14. The van der Waals surface area contributed by atoms with Gasteiger partial charge < -0.3 is 4.74 Å². The Morgan fingerprint density at radius 2 is 1.84 bits per heavy atom. The first-order valence-electron chi connectivity index (χ1n) is 6.02. The van der Waals surface area contributed by atoms with Gasteiger partial charge in [-0.15, -0.1) is 0 Å². The van der Waals surface area contributed by atoms with Gasteiger partial charge in [-0.3, -0.25) is 5.84 Å². The molecule has 0 saturated heterocycles. The standard InChI is InChI=1S/C15H17FN2O/c1-10-3-6-12(16)9-14(10)15(18-17)11-4-7-13(19-2)8-5-11/h3-9,15,18H,17H2,1-2H3. The van der Waals surface area contributed by atoms with Crippen LogP contribution in [-0.2, 0) is 0 Å². The molecule has 3 nitrogen and oxygen atoms in total. The lowest BCUT2D eigenvalue weighted by Crippen LogP contribution is -2.29. The average Bonchev–Trinajstić information content (AvgIpc) is 2.44. The van der Waals surface area contributed by atoms with Crippen molar-refractivity contribution in [2.75, 3.05) is 7.11 Å². The van der Waals surface area contributed by atoms with Gasteiger partial charge >= 0.3 is 0 Å². The number of hydrogen-bond donors (Lipinski definition) is 2. The van der Waals surface area contributed by atoms with Crippen molar-refractivity contribution in [3.8, 4) is 5.75 Å². The van der Waals surface area contributed by atoms with Crippen molar-refractivity contribution in [2.24, 2.45) is 5.84 Å². The summed E-state index contributed by atoms with van der Waals surface area (Å²) in [6.45, 7) is 1.93. The van der Waals surface area contributed by atoms with Crippen LogP contribution >= 0.6 is 0 Å². The van der Waals surface area contributed by atoms with Crippen LogP contribution < -0.4 is 16.0 Å². The van der Waals surface area contributed by atoms with Crippen LogP contribution in [0.5, 0.6) is 5.75 Å². The van der Waals surface area contributed by atoms with Crippen molar-refractivity contribution >= 4 is 0 Å². The van der Waals surface area contributed by atoms with Crippen molar-refractivity contribution in [3.05, 3.63) is 65.0 Å². The van der Waals surface area contributed by atoms with Crippen LogP contribution in [0.3, 0.4) is 0 Å². The van der Waals surface area contributed by atoms with Crippen LogP contribution in [0.15, 0.2) is 42.5 Å². The van der Waals surface area contributed by atoms with Gasteiger partial charge in [0.2, 0.25) is 0 Å². The lowest BCUT2D eigenvalue weighted by Gasteiger charge is -2.19.